The molecule has 0 heterocycles. The monoisotopic (exact) mass is 286 g/mol. The molecule has 4 nitrogen and oxygen atoms in total. The average Bonchev–Trinajstić information content (AvgIpc) is 2.34. The minimum absolute atomic E-state index is 0.506. The lowest BCUT2D eigenvalue weighted by atomic mass is 10.0. The molecule has 0 radical (unpaired) electrons. The molecule has 1 aromatic carbocycles. The number of carbonyl (C=O) groups excluding carboxylic acids is 1. The molecule has 0 aliphatic rings. The van der Waals surface area contributed by atoms with Gasteiger partial charge in [-0.3, -0.25) is 0 Å². The second kappa shape index (κ2) is 6.65. The van der Waals surface area contributed by atoms with E-state index in [4.69, 9.17) is 10.5 Å². The summed E-state index contributed by atoms with van der Waals surface area (Å²) < 4.78 is 30.7. The molecule has 2 atom stereocenters. The second-order valence-corrected chi connectivity index (χ2v) is 5.45. The summed E-state index contributed by atoms with van der Waals surface area (Å²) in [5.74, 6) is 0. The maximum Gasteiger partial charge on any atom is 0.408 e. The van der Waals surface area contributed by atoms with Gasteiger partial charge in [-0.05, 0) is 26.3 Å². The van der Waals surface area contributed by atoms with Gasteiger partial charge in [0.05, 0.1) is 12.1 Å². The number of nitrogens with one attached hydrogen (secondary N) is 1. The van der Waals surface area contributed by atoms with Gasteiger partial charge in [0, 0.05) is 0 Å². The Hall–Kier alpha value is -1.69. The van der Waals surface area contributed by atoms with E-state index >= 15 is 0 Å². The number of alkyl halides is 2. The number of amides is 1. The van der Waals surface area contributed by atoms with Crippen molar-refractivity contribution in [1.29, 1.82) is 0 Å². The van der Waals surface area contributed by atoms with Crippen molar-refractivity contribution in [3.8, 4) is 0 Å². The summed E-state index contributed by atoms with van der Waals surface area (Å²) in [6.07, 6.45) is -3.53. The molecule has 0 saturated heterocycles. The fourth-order valence-electron chi connectivity index (χ4n) is 1.64. The Morgan fingerprint density at radius 1 is 1.25 bits per heavy atom. The number of alkyl carbamates (subject to hydrolysis) is 1. The molecule has 20 heavy (non-hydrogen) atoms. The van der Waals surface area contributed by atoms with Crippen LogP contribution in [0.4, 0.5) is 13.6 Å². The number of rotatable bonds is 4. The smallest absolute Gasteiger partial charge is 0.408 e. The van der Waals surface area contributed by atoms with E-state index < -0.39 is 30.2 Å². The molecular weight excluding hydrogens is 266 g/mol. The lowest BCUT2D eigenvalue weighted by Crippen LogP contribution is -2.46. The number of carbonyl (C=O) groups is 1. The number of halogens is 2. The van der Waals surface area contributed by atoms with Crippen LogP contribution in [0.5, 0.6) is 0 Å². The quantitative estimate of drug-likeness (QED) is 0.894. The van der Waals surface area contributed by atoms with Crippen molar-refractivity contribution in [2.75, 3.05) is 0 Å². The zero-order valence-corrected chi connectivity index (χ0v) is 11.8. The molecule has 0 bridgehead atoms. The first-order chi connectivity index (χ1) is 9.20. The summed E-state index contributed by atoms with van der Waals surface area (Å²) in [4.78, 5) is 11.7. The lowest BCUT2D eigenvalue weighted by molar-refractivity contribution is 0.0443. The maximum atomic E-state index is 12.8. The summed E-state index contributed by atoms with van der Waals surface area (Å²) in [6, 6.07) is 5.88. The molecule has 3 N–H and O–H groups in total. The molecule has 1 amide bonds. The molecule has 0 spiro atoms. The van der Waals surface area contributed by atoms with E-state index in [-0.39, 0.29) is 0 Å². The first-order valence-corrected chi connectivity index (χ1v) is 6.29. The Balaban J connectivity index is 2.87. The summed E-state index contributed by atoms with van der Waals surface area (Å²) in [5.41, 5.74) is 5.28. The Morgan fingerprint density at radius 3 is 2.25 bits per heavy atom. The first kappa shape index (κ1) is 16.4. The van der Waals surface area contributed by atoms with Crippen molar-refractivity contribution in [2.45, 2.75) is 44.9 Å². The van der Waals surface area contributed by atoms with Crippen LogP contribution in [0.15, 0.2) is 30.3 Å². The fraction of sp³-hybridized carbons (Fsp3) is 0.500. The molecule has 0 fully saturated rings. The maximum absolute atomic E-state index is 12.8. The van der Waals surface area contributed by atoms with Crippen molar-refractivity contribution in [1.82, 2.24) is 5.32 Å². The first-order valence-electron chi connectivity index (χ1n) is 6.29. The summed E-state index contributed by atoms with van der Waals surface area (Å²) in [6.45, 7) is 5.07. The molecule has 1 rings (SSSR count). The normalized spacial score (nSPS) is 14.8. The summed E-state index contributed by atoms with van der Waals surface area (Å²) in [5, 5.41) is 2.40. The summed E-state index contributed by atoms with van der Waals surface area (Å²) >= 11 is 0. The number of hydrogen-bond acceptors (Lipinski definition) is 3. The third kappa shape index (κ3) is 5.13. The van der Waals surface area contributed by atoms with Crippen LogP contribution >= 0.6 is 0 Å². The van der Waals surface area contributed by atoms with Crippen molar-refractivity contribution >= 4 is 6.09 Å². The van der Waals surface area contributed by atoms with E-state index in [1.165, 1.54) is 0 Å². The topological polar surface area (TPSA) is 64.3 Å². The van der Waals surface area contributed by atoms with Crippen LogP contribution in [0.2, 0.25) is 0 Å². The van der Waals surface area contributed by atoms with E-state index in [0.717, 1.165) is 0 Å². The standard InChI is InChI=1S/C14H20F2N2O2/c1-14(2,3)20-13(19)18-11(10(17)12(15)16)9-7-5-4-6-8-9/h4-8,10-12H,17H2,1-3H3,(H,18,19). The van der Waals surface area contributed by atoms with E-state index in [0.29, 0.717) is 5.56 Å². The minimum Gasteiger partial charge on any atom is -0.444 e. The van der Waals surface area contributed by atoms with Gasteiger partial charge in [-0.2, -0.15) is 0 Å². The van der Waals surface area contributed by atoms with Gasteiger partial charge in [0.2, 0.25) is 0 Å². The van der Waals surface area contributed by atoms with E-state index in [2.05, 4.69) is 5.32 Å². The third-order valence-electron chi connectivity index (χ3n) is 2.51. The predicted molar refractivity (Wildman–Crippen MR) is 72.5 cm³/mol. The molecule has 0 aliphatic carbocycles. The fourth-order valence-corrected chi connectivity index (χ4v) is 1.64. The van der Waals surface area contributed by atoms with Crippen molar-refractivity contribution in [3.63, 3.8) is 0 Å². The number of ether oxygens (including phenoxy) is 1. The molecule has 0 aromatic heterocycles. The van der Waals surface area contributed by atoms with Gasteiger partial charge in [-0.25, -0.2) is 13.6 Å². The number of benzene rings is 1. The van der Waals surface area contributed by atoms with Crippen LogP contribution in [0.1, 0.15) is 32.4 Å². The SMILES string of the molecule is CC(C)(C)OC(=O)NC(c1ccccc1)C(N)C(F)F. The van der Waals surface area contributed by atoms with Crippen LogP contribution in [-0.2, 0) is 4.74 Å². The predicted octanol–water partition coefficient (Wildman–Crippen LogP) is 2.84. The van der Waals surface area contributed by atoms with Gasteiger partial charge in [0.15, 0.2) is 0 Å². The van der Waals surface area contributed by atoms with Gasteiger partial charge in [0.25, 0.3) is 6.43 Å². The van der Waals surface area contributed by atoms with Gasteiger partial charge < -0.3 is 15.8 Å². The Morgan fingerprint density at radius 2 is 1.80 bits per heavy atom. The molecule has 112 valence electrons. The summed E-state index contributed by atoms with van der Waals surface area (Å²) in [7, 11) is 0. The van der Waals surface area contributed by atoms with Crippen LogP contribution in [0.25, 0.3) is 0 Å². The van der Waals surface area contributed by atoms with Gasteiger partial charge in [0.1, 0.15) is 5.60 Å². The molecule has 0 saturated carbocycles. The van der Waals surface area contributed by atoms with Gasteiger partial charge in [-0.1, -0.05) is 30.3 Å². The molecule has 1 aromatic rings. The molecule has 2 unspecified atom stereocenters. The molecular formula is C14H20F2N2O2. The minimum atomic E-state index is -2.75. The highest BCUT2D eigenvalue weighted by atomic mass is 19.3. The van der Waals surface area contributed by atoms with Gasteiger partial charge in [-0.15, -0.1) is 0 Å². The highest BCUT2D eigenvalue weighted by molar-refractivity contribution is 5.68. The Kier molecular flexibility index (Phi) is 5.44. The van der Waals surface area contributed by atoms with Gasteiger partial charge >= 0.3 is 6.09 Å². The largest absolute Gasteiger partial charge is 0.444 e. The van der Waals surface area contributed by atoms with Crippen LogP contribution in [0.3, 0.4) is 0 Å². The molecule has 0 aliphatic heterocycles. The van der Waals surface area contributed by atoms with E-state index in [1.807, 2.05) is 0 Å². The average molecular weight is 286 g/mol. The van der Waals surface area contributed by atoms with Crippen LogP contribution in [0, 0.1) is 0 Å². The zero-order chi connectivity index (χ0) is 15.3. The number of hydrogen-bond donors (Lipinski definition) is 2. The highest BCUT2D eigenvalue weighted by Gasteiger charge is 2.30. The van der Waals surface area contributed by atoms with Crippen molar-refractivity contribution < 1.29 is 18.3 Å². The number of nitrogens with two attached hydrogens (primary N) is 1. The second-order valence-electron chi connectivity index (χ2n) is 5.45. The van der Waals surface area contributed by atoms with Crippen molar-refractivity contribution in [2.24, 2.45) is 5.73 Å². The zero-order valence-electron chi connectivity index (χ0n) is 11.8. The molecule has 6 heteroatoms. The Labute approximate surface area is 117 Å². The van der Waals surface area contributed by atoms with E-state index in [9.17, 15) is 13.6 Å². The lowest BCUT2D eigenvalue weighted by Gasteiger charge is -2.27. The van der Waals surface area contributed by atoms with E-state index in [1.54, 1.807) is 51.1 Å². The highest BCUT2D eigenvalue weighted by Crippen LogP contribution is 2.20. The van der Waals surface area contributed by atoms with Crippen LogP contribution < -0.4 is 11.1 Å². The van der Waals surface area contributed by atoms with Crippen LogP contribution in [-0.4, -0.2) is 24.2 Å². The van der Waals surface area contributed by atoms with Crippen molar-refractivity contribution in [3.05, 3.63) is 35.9 Å². The Bertz CT molecular complexity index is 433. The third-order valence-corrected chi connectivity index (χ3v) is 2.51.